The summed E-state index contributed by atoms with van der Waals surface area (Å²) in [5.74, 6) is -0.00611. The van der Waals surface area contributed by atoms with Crippen LogP contribution < -0.4 is 9.47 Å². The Bertz CT molecular complexity index is 1010. The average molecular weight is 537 g/mol. The molecule has 2 fully saturated rings. The van der Waals surface area contributed by atoms with Gasteiger partial charge in [0, 0.05) is 5.56 Å². The Hall–Kier alpha value is -2.28. The fraction of sp³-hybridized carbons (Fsp3) is 0.613. The van der Waals surface area contributed by atoms with Crippen molar-refractivity contribution in [2.45, 2.75) is 90.3 Å². The van der Waals surface area contributed by atoms with Crippen LogP contribution >= 0.6 is 0 Å². The first-order chi connectivity index (χ1) is 18.3. The molecule has 0 aliphatic heterocycles. The Morgan fingerprint density at radius 2 is 1.42 bits per heavy atom. The zero-order valence-corrected chi connectivity index (χ0v) is 22.5. The SMILES string of the molecule is CCCC1CCC(C2CCC(OCC(F)(F)Oc3ccc(-c4ccc(OCC)c(F)c4F)cc3)CC2)CC1. The van der Waals surface area contributed by atoms with Gasteiger partial charge in [-0.05, 0) is 93.0 Å². The van der Waals surface area contributed by atoms with Crippen molar-refractivity contribution < 1.29 is 31.8 Å². The molecule has 0 atom stereocenters. The van der Waals surface area contributed by atoms with E-state index in [0.717, 1.165) is 37.5 Å². The summed E-state index contributed by atoms with van der Waals surface area (Å²) >= 11 is 0. The Labute approximate surface area is 223 Å². The summed E-state index contributed by atoms with van der Waals surface area (Å²) in [6, 6.07) is 8.21. The van der Waals surface area contributed by atoms with E-state index in [1.807, 2.05) is 0 Å². The number of ether oxygens (including phenoxy) is 3. The van der Waals surface area contributed by atoms with Crippen LogP contribution in [0.4, 0.5) is 17.6 Å². The highest BCUT2D eigenvalue weighted by atomic mass is 19.3. The summed E-state index contributed by atoms with van der Waals surface area (Å²) in [4.78, 5) is 0. The van der Waals surface area contributed by atoms with Crippen LogP contribution in [0, 0.1) is 29.4 Å². The van der Waals surface area contributed by atoms with E-state index in [4.69, 9.17) is 14.2 Å². The van der Waals surface area contributed by atoms with E-state index in [1.165, 1.54) is 74.9 Å². The van der Waals surface area contributed by atoms with Gasteiger partial charge in [0.1, 0.15) is 5.75 Å². The first kappa shape index (κ1) is 28.7. The molecule has 3 nitrogen and oxygen atoms in total. The Morgan fingerprint density at radius 1 is 0.789 bits per heavy atom. The summed E-state index contributed by atoms with van der Waals surface area (Å²) in [7, 11) is 0. The van der Waals surface area contributed by atoms with Crippen LogP contribution in [0.25, 0.3) is 11.1 Å². The molecule has 0 N–H and O–H groups in total. The molecule has 2 aromatic carbocycles. The van der Waals surface area contributed by atoms with E-state index >= 15 is 0 Å². The number of hydrogen-bond acceptors (Lipinski definition) is 3. The second-order valence-corrected chi connectivity index (χ2v) is 10.9. The summed E-state index contributed by atoms with van der Waals surface area (Å²) < 4.78 is 73.2. The van der Waals surface area contributed by atoms with Gasteiger partial charge >= 0.3 is 6.11 Å². The van der Waals surface area contributed by atoms with Gasteiger partial charge in [-0.25, -0.2) is 4.39 Å². The summed E-state index contributed by atoms with van der Waals surface area (Å²) in [5, 5.41) is 0. The fourth-order valence-corrected chi connectivity index (χ4v) is 6.22. The molecule has 210 valence electrons. The van der Waals surface area contributed by atoms with Gasteiger partial charge in [0.05, 0.1) is 12.7 Å². The van der Waals surface area contributed by atoms with Crippen LogP contribution in [-0.4, -0.2) is 25.4 Å². The molecule has 0 aromatic heterocycles. The van der Waals surface area contributed by atoms with Crippen molar-refractivity contribution in [3.8, 4) is 22.6 Å². The molecule has 7 heteroatoms. The quantitative estimate of drug-likeness (QED) is 0.268. The van der Waals surface area contributed by atoms with Gasteiger partial charge in [-0.3, -0.25) is 0 Å². The minimum atomic E-state index is -3.49. The van der Waals surface area contributed by atoms with E-state index < -0.39 is 24.3 Å². The lowest BCUT2D eigenvalue weighted by molar-refractivity contribution is -0.222. The molecule has 0 heterocycles. The minimum Gasteiger partial charge on any atom is -0.491 e. The third-order valence-corrected chi connectivity index (χ3v) is 8.24. The van der Waals surface area contributed by atoms with Crippen molar-refractivity contribution in [2.24, 2.45) is 17.8 Å². The van der Waals surface area contributed by atoms with Gasteiger partial charge in [0.15, 0.2) is 18.2 Å². The molecule has 38 heavy (non-hydrogen) atoms. The first-order valence-electron chi connectivity index (χ1n) is 14.2. The molecule has 0 saturated heterocycles. The Balaban J connectivity index is 1.23. The summed E-state index contributed by atoms with van der Waals surface area (Å²) in [5.41, 5.74) is 0.351. The standard InChI is InChI=1S/C31H40F4O3/c1-3-5-21-6-8-22(9-7-21)23-10-14-25(15-11-23)37-20-31(34,35)38-26-16-12-24(13-17-26)27-18-19-28(36-4-2)30(33)29(27)32/h12-13,16-19,21-23,25H,3-11,14-15,20H2,1-2H3. The predicted octanol–water partition coefficient (Wildman–Crippen LogP) is 9.18. The van der Waals surface area contributed by atoms with E-state index in [9.17, 15) is 17.6 Å². The average Bonchev–Trinajstić information content (AvgIpc) is 2.92. The monoisotopic (exact) mass is 536 g/mol. The lowest BCUT2D eigenvalue weighted by Gasteiger charge is -2.38. The van der Waals surface area contributed by atoms with Gasteiger partial charge in [0.2, 0.25) is 5.82 Å². The molecular formula is C31H40F4O3. The molecule has 0 amide bonds. The minimum absolute atomic E-state index is 0.0113. The highest BCUT2D eigenvalue weighted by Gasteiger charge is 2.36. The third kappa shape index (κ3) is 7.43. The van der Waals surface area contributed by atoms with Gasteiger partial charge < -0.3 is 14.2 Å². The Morgan fingerprint density at radius 3 is 2.03 bits per heavy atom. The molecule has 2 aliphatic rings. The molecular weight excluding hydrogens is 496 g/mol. The van der Waals surface area contributed by atoms with E-state index in [1.54, 1.807) is 6.92 Å². The zero-order chi connectivity index (χ0) is 27.1. The van der Waals surface area contributed by atoms with Crippen molar-refractivity contribution >= 4 is 0 Å². The molecule has 0 radical (unpaired) electrons. The molecule has 0 bridgehead atoms. The molecule has 0 unspecified atom stereocenters. The van der Waals surface area contributed by atoms with Crippen molar-refractivity contribution in [2.75, 3.05) is 13.2 Å². The van der Waals surface area contributed by atoms with E-state index in [0.29, 0.717) is 11.5 Å². The van der Waals surface area contributed by atoms with Crippen LogP contribution in [0.5, 0.6) is 11.5 Å². The highest BCUT2D eigenvalue weighted by molar-refractivity contribution is 5.66. The van der Waals surface area contributed by atoms with Crippen LogP contribution in [0.1, 0.15) is 78.1 Å². The lowest BCUT2D eigenvalue weighted by Crippen LogP contribution is -2.35. The molecule has 4 rings (SSSR count). The van der Waals surface area contributed by atoms with Gasteiger partial charge in [0.25, 0.3) is 0 Å². The van der Waals surface area contributed by atoms with Crippen LogP contribution in [-0.2, 0) is 4.74 Å². The van der Waals surface area contributed by atoms with Gasteiger partial charge in [-0.1, -0.05) is 44.7 Å². The van der Waals surface area contributed by atoms with Crippen LogP contribution in [0.3, 0.4) is 0 Å². The summed E-state index contributed by atoms with van der Waals surface area (Å²) in [6.07, 6.45) is 7.97. The molecule has 2 aliphatic carbocycles. The normalized spacial score (nSPS) is 24.3. The fourth-order valence-electron chi connectivity index (χ4n) is 6.22. The van der Waals surface area contributed by atoms with Crippen LogP contribution in [0.15, 0.2) is 36.4 Å². The number of rotatable bonds is 11. The number of hydrogen-bond donors (Lipinski definition) is 0. The largest absolute Gasteiger partial charge is 0.491 e. The molecule has 2 saturated carbocycles. The topological polar surface area (TPSA) is 27.7 Å². The molecule has 2 aromatic rings. The molecule has 0 spiro atoms. The van der Waals surface area contributed by atoms with Crippen molar-refractivity contribution in [1.29, 1.82) is 0 Å². The first-order valence-corrected chi connectivity index (χ1v) is 14.2. The third-order valence-electron chi connectivity index (χ3n) is 8.24. The maximum atomic E-state index is 14.5. The van der Waals surface area contributed by atoms with E-state index in [-0.39, 0.29) is 29.8 Å². The number of benzene rings is 2. The van der Waals surface area contributed by atoms with Crippen molar-refractivity contribution in [1.82, 2.24) is 0 Å². The zero-order valence-electron chi connectivity index (χ0n) is 22.5. The van der Waals surface area contributed by atoms with E-state index in [2.05, 4.69) is 6.92 Å². The number of alkyl halides is 2. The van der Waals surface area contributed by atoms with Gasteiger partial charge in [-0.2, -0.15) is 13.2 Å². The number of halogens is 4. The second kappa shape index (κ2) is 13.2. The predicted molar refractivity (Wildman–Crippen MR) is 141 cm³/mol. The second-order valence-electron chi connectivity index (χ2n) is 10.9. The lowest BCUT2D eigenvalue weighted by atomic mass is 9.70. The smallest absolute Gasteiger partial charge is 0.421 e. The maximum absolute atomic E-state index is 14.5. The highest BCUT2D eigenvalue weighted by Crippen LogP contribution is 2.41. The maximum Gasteiger partial charge on any atom is 0.421 e. The van der Waals surface area contributed by atoms with Crippen LogP contribution in [0.2, 0.25) is 0 Å². The van der Waals surface area contributed by atoms with Crippen molar-refractivity contribution in [3.63, 3.8) is 0 Å². The summed E-state index contributed by atoms with van der Waals surface area (Å²) in [6.45, 7) is 3.33. The van der Waals surface area contributed by atoms with Crippen molar-refractivity contribution in [3.05, 3.63) is 48.0 Å². The van der Waals surface area contributed by atoms with Gasteiger partial charge in [-0.15, -0.1) is 0 Å². The Kier molecular flexibility index (Phi) is 9.97.